The largest absolute Gasteiger partial charge is 0.398 e. The summed E-state index contributed by atoms with van der Waals surface area (Å²) in [6, 6.07) is 10.2. The molecular weight excluding hydrogens is 290 g/mol. The Kier molecular flexibility index (Phi) is 2.74. The van der Waals surface area contributed by atoms with Crippen molar-refractivity contribution in [3.8, 4) is 0 Å². The third-order valence-electron chi connectivity index (χ3n) is 3.35. The molecule has 0 fully saturated rings. The van der Waals surface area contributed by atoms with Gasteiger partial charge in [-0.25, -0.2) is 4.98 Å². The summed E-state index contributed by atoms with van der Waals surface area (Å²) in [6.07, 6.45) is 0. The number of hydrogen-bond donors (Lipinski definition) is 1. The van der Waals surface area contributed by atoms with Crippen LogP contribution in [0.15, 0.2) is 34.8 Å². The van der Waals surface area contributed by atoms with Crippen LogP contribution in [0, 0.1) is 6.92 Å². The normalized spacial score (nSPS) is 13.8. The van der Waals surface area contributed by atoms with Gasteiger partial charge in [-0.3, -0.25) is 0 Å². The second kappa shape index (κ2) is 4.28. The SMILES string of the molecule is Cc1nc(N2Cc3cccc(N)c3C2)ccc1Br. The van der Waals surface area contributed by atoms with Gasteiger partial charge in [-0.15, -0.1) is 0 Å². The summed E-state index contributed by atoms with van der Waals surface area (Å²) < 4.78 is 1.04. The molecule has 0 amide bonds. The van der Waals surface area contributed by atoms with Crippen molar-refractivity contribution in [2.75, 3.05) is 10.6 Å². The number of pyridine rings is 1. The van der Waals surface area contributed by atoms with Crippen molar-refractivity contribution >= 4 is 27.4 Å². The van der Waals surface area contributed by atoms with Crippen molar-refractivity contribution in [3.63, 3.8) is 0 Å². The number of hydrogen-bond acceptors (Lipinski definition) is 3. The highest BCUT2D eigenvalue weighted by atomic mass is 79.9. The van der Waals surface area contributed by atoms with E-state index in [1.54, 1.807) is 0 Å². The molecular formula is C14H14BrN3. The van der Waals surface area contributed by atoms with E-state index in [2.05, 4.69) is 31.9 Å². The highest BCUT2D eigenvalue weighted by Gasteiger charge is 2.21. The predicted octanol–water partition coefficient (Wildman–Crippen LogP) is 3.25. The first-order valence-electron chi connectivity index (χ1n) is 5.89. The fourth-order valence-corrected chi connectivity index (χ4v) is 2.54. The molecule has 3 rings (SSSR count). The molecule has 0 spiro atoms. The molecule has 3 nitrogen and oxygen atoms in total. The van der Waals surface area contributed by atoms with E-state index in [0.717, 1.165) is 34.8 Å². The first-order valence-corrected chi connectivity index (χ1v) is 6.69. The van der Waals surface area contributed by atoms with Gasteiger partial charge in [-0.05, 0) is 52.2 Å². The minimum atomic E-state index is 0.843. The van der Waals surface area contributed by atoms with Gasteiger partial charge in [0.25, 0.3) is 0 Å². The first-order chi connectivity index (χ1) is 8.65. The molecule has 0 bridgehead atoms. The van der Waals surface area contributed by atoms with Gasteiger partial charge in [0, 0.05) is 23.2 Å². The van der Waals surface area contributed by atoms with Crippen LogP contribution in [0.1, 0.15) is 16.8 Å². The maximum Gasteiger partial charge on any atom is 0.129 e. The molecule has 92 valence electrons. The molecule has 1 aliphatic rings. The quantitative estimate of drug-likeness (QED) is 0.822. The fourth-order valence-electron chi connectivity index (χ4n) is 2.32. The molecule has 1 aromatic carbocycles. The number of anilines is 2. The number of aryl methyl sites for hydroxylation is 1. The van der Waals surface area contributed by atoms with E-state index in [1.165, 1.54) is 11.1 Å². The number of aromatic nitrogens is 1. The summed E-state index contributed by atoms with van der Waals surface area (Å²) in [5.74, 6) is 1.01. The molecule has 0 atom stereocenters. The number of nitrogens with zero attached hydrogens (tertiary/aromatic N) is 2. The highest BCUT2D eigenvalue weighted by molar-refractivity contribution is 9.10. The molecule has 0 radical (unpaired) electrons. The Morgan fingerprint density at radius 3 is 2.78 bits per heavy atom. The number of benzene rings is 1. The smallest absolute Gasteiger partial charge is 0.129 e. The second-order valence-electron chi connectivity index (χ2n) is 4.58. The Bertz CT molecular complexity index is 610. The summed E-state index contributed by atoms with van der Waals surface area (Å²) in [5, 5.41) is 0. The van der Waals surface area contributed by atoms with Crippen LogP contribution in [0.4, 0.5) is 11.5 Å². The molecule has 0 aliphatic carbocycles. The van der Waals surface area contributed by atoms with Crippen molar-refractivity contribution in [3.05, 3.63) is 51.6 Å². The first kappa shape index (κ1) is 11.5. The van der Waals surface area contributed by atoms with Crippen molar-refractivity contribution in [2.24, 2.45) is 0 Å². The lowest BCUT2D eigenvalue weighted by molar-refractivity contribution is 0.852. The van der Waals surface area contributed by atoms with Gasteiger partial charge < -0.3 is 10.6 Å². The van der Waals surface area contributed by atoms with Crippen LogP contribution in [0.3, 0.4) is 0 Å². The molecule has 18 heavy (non-hydrogen) atoms. The van der Waals surface area contributed by atoms with E-state index in [0.29, 0.717) is 0 Å². The Labute approximate surface area is 115 Å². The van der Waals surface area contributed by atoms with E-state index in [4.69, 9.17) is 5.73 Å². The summed E-state index contributed by atoms with van der Waals surface area (Å²) in [4.78, 5) is 6.86. The summed E-state index contributed by atoms with van der Waals surface area (Å²) >= 11 is 3.48. The number of fused-ring (bicyclic) bond motifs is 1. The Morgan fingerprint density at radius 2 is 2.06 bits per heavy atom. The zero-order valence-corrected chi connectivity index (χ0v) is 11.7. The summed E-state index contributed by atoms with van der Waals surface area (Å²) in [5.41, 5.74) is 10.4. The van der Waals surface area contributed by atoms with Gasteiger partial charge in [0.05, 0.1) is 5.69 Å². The molecule has 1 aliphatic heterocycles. The topological polar surface area (TPSA) is 42.2 Å². The molecule has 1 aromatic heterocycles. The lowest BCUT2D eigenvalue weighted by Gasteiger charge is -2.17. The van der Waals surface area contributed by atoms with Crippen LogP contribution in [0.2, 0.25) is 0 Å². The lowest BCUT2D eigenvalue weighted by atomic mass is 10.1. The Balaban J connectivity index is 1.94. The number of rotatable bonds is 1. The number of nitrogens with two attached hydrogens (primary N) is 1. The predicted molar refractivity (Wildman–Crippen MR) is 77.4 cm³/mol. The van der Waals surface area contributed by atoms with Crippen LogP contribution >= 0.6 is 15.9 Å². The Morgan fingerprint density at radius 1 is 1.22 bits per heavy atom. The number of nitrogen functional groups attached to an aromatic ring is 1. The van der Waals surface area contributed by atoms with Crippen LogP contribution in [-0.2, 0) is 13.1 Å². The van der Waals surface area contributed by atoms with Crippen molar-refractivity contribution in [1.82, 2.24) is 4.98 Å². The zero-order chi connectivity index (χ0) is 12.7. The molecule has 2 heterocycles. The molecule has 0 unspecified atom stereocenters. The van der Waals surface area contributed by atoms with Crippen LogP contribution in [0.25, 0.3) is 0 Å². The van der Waals surface area contributed by atoms with E-state index < -0.39 is 0 Å². The fraction of sp³-hybridized carbons (Fsp3) is 0.214. The summed E-state index contributed by atoms with van der Waals surface area (Å²) in [6.45, 7) is 3.73. The van der Waals surface area contributed by atoms with Gasteiger partial charge >= 0.3 is 0 Å². The summed E-state index contributed by atoms with van der Waals surface area (Å²) in [7, 11) is 0. The second-order valence-corrected chi connectivity index (χ2v) is 5.43. The average molecular weight is 304 g/mol. The van der Waals surface area contributed by atoms with Crippen LogP contribution in [-0.4, -0.2) is 4.98 Å². The van der Waals surface area contributed by atoms with Gasteiger partial charge in [0.1, 0.15) is 5.82 Å². The Hall–Kier alpha value is -1.55. The van der Waals surface area contributed by atoms with Gasteiger partial charge in [-0.1, -0.05) is 12.1 Å². The van der Waals surface area contributed by atoms with E-state index in [1.807, 2.05) is 31.2 Å². The monoisotopic (exact) mass is 303 g/mol. The average Bonchev–Trinajstić information content (AvgIpc) is 2.78. The van der Waals surface area contributed by atoms with E-state index in [-0.39, 0.29) is 0 Å². The standard InChI is InChI=1S/C14H14BrN3/c1-9-12(15)5-6-14(17-9)18-7-10-3-2-4-13(16)11(10)8-18/h2-6H,7-8,16H2,1H3. The van der Waals surface area contributed by atoms with Crippen LogP contribution < -0.4 is 10.6 Å². The molecule has 2 aromatic rings. The van der Waals surface area contributed by atoms with Crippen LogP contribution in [0.5, 0.6) is 0 Å². The third-order valence-corrected chi connectivity index (χ3v) is 4.19. The molecule has 4 heteroatoms. The number of halogens is 1. The zero-order valence-electron chi connectivity index (χ0n) is 10.2. The minimum absolute atomic E-state index is 0.843. The van der Waals surface area contributed by atoms with E-state index >= 15 is 0 Å². The van der Waals surface area contributed by atoms with Crippen molar-refractivity contribution in [1.29, 1.82) is 0 Å². The van der Waals surface area contributed by atoms with E-state index in [9.17, 15) is 0 Å². The van der Waals surface area contributed by atoms with Crippen molar-refractivity contribution < 1.29 is 0 Å². The van der Waals surface area contributed by atoms with Gasteiger partial charge in [0.15, 0.2) is 0 Å². The molecule has 2 N–H and O–H groups in total. The highest BCUT2D eigenvalue weighted by Crippen LogP contribution is 2.31. The maximum absolute atomic E-state index is 6.01. The molecule has 0 saturated heterocycles. The van der Waals surface area contributed by atoms with Gasteiger partial charge in [-0.2, -0.15) is 0 Å². The third kappa shape index (κ3) is 1.86. The lowest BCUT2D eigenvalue weighted by Crippen LogP contribution is -2.16. The van der Waals surface area contributed by atoms with Crippen molar-refractivity contribution in [2.45, 2.75) is 20.0 Å². The maximum atomic E-state index is 6.01. The van der Waals surface area contributed by atoms with Gasteiger partial charge in [0.2, 0.25) is 0 Å². The molecule has 0 saturated carbocycles. The minimum Gasteiger partial charge on any atom is -0.398 e.